The van der Waals surface area contributed by atoms with Gasteiger partial charge in [0.2, 0.25) is 0 Å². The molecule has 0 unspecified atom stereocenters. The van der Waals surface area contributed by atoms with E-state index in [0.29, 0.717) is 35.7 Å². The Morgan fingerprint density at radius 2 is 2.17 bits per heavy atom. The second-order valence-corrected chi connectivity index (χ2v) is 5.97. The molecule has 2 aromatic rings. The molecular weight excluding hydrogens is 318 g/mol. The Kier molecular flexibility index (Phi) is 4.09. The van der Waals surface area contributed by atoms with E-state index in [1.807, 2.05) is 6.07 Å². The minimum atomic E-state index is -0.962. The van der Waals surface area contributed by atoms with E-state index in [0.717, 1.165) is 5.69 Å². The first kappa shape index (κ1) is 15.6. The van der Waals surface area contributed by atoms with Crippen molar-refractivity contribution in [1.82, 2.24) is 14.7 Å². The molecule has 6 nitrogen and oxygen atoms in total. The van der Waals surface area contributed by atoms with Gasteiger partial charge in [-0.3, -0.25) is 4.79 Å². The van der Waals surface area contributed by atoms with Gasteiger partial charge in [0.15, 0.2) is 0 Å². The summed E-state index contributed by atoms with van der Waals surface area (Å²) in [6.45, 7) is 2.24. The molecule has 1 saturated heterocycles. The normalized spacial score (nSPS) is 17.5. The zero-order valence-corrected chi connectivity index (χ0v) is 13.3. The van der Waals surface area contributed by atoms with Gasteiger partial charge in [0.05, 0.1) is 23.1 Å². The molecule has 7 heteroatoms. The largest absolute Gasteiger partial charge is 0.480 e. The van der Waals surface area contributed by atoms with Crippen LogP contribution in [0.3, 0.4) is 0 Å². The van der Waals surface area contributed by atoms with Crippen molar-refractivity contribution in [3.63, 3.8) is 0 Å². The van der Waals surface area contributed by atoms with Crippen LogP contribution >= 0.6 is 11.6 Å². The number of nitrogens with zero attached hydrogens (tertiary/aromatic N) is 3. The van der Waals surface area contributed by atoms with Crippen molar-refractivity contribution in [3.05, 3.63) is 46.7 Å². The van der Waals surface area contributed by atoms with E-state index in [9.17, 15) is 14.7 Å². The van der Waals surface area contributed by atoms with Crippen LogP contribution in [-0.2, 0) is 4.79 Å². The quantitative estimate of drug-likeness (QED) is 0.936. The van der Waals surface area contributed by atoms with Gasteiger partial charge < -0.3 is 10.0 Å². The highest BCUT2D eigenvalue weighted by molar-refractivity contribution is 6.30. The molecule has 0 saturated carbocycles. The van der Waals surface area contributed by atoms with E-state index in [2.05, 4.69) is 5.10 Å². The van der Waals surface area contributed by atoms with Gasteiger partial charge in [-0.15, -0.1) is 0 Å². The highest BCUT2D eigenvalue weighted by Crippen LogP contribution is 2.23. The SMILES string of the molecule is Cc1c(C(=O)N2CCC[C@@H]2C(=O)O)cnn1-c1cccc(Cl)c1. The number of carbonyl (C=O) groups excluding carboxylic acids is 1. The van der Waals surface area contributed by atoms with Crippen molar-refractivity contribution in [2.75, 3.05) is 6.54 Å². The molecule has 1 aromatic carbocycles. The van der Waals surface area contributed by atoms with Crippen molar-refractivity contribution in [2.24, 2.45) is 0 Å². The smallest absolute Gasteiger partial charge is 0.326 e. The Balaban J connectivity index is 1.93. The Bertz CT molecular complexity index is 772. The molecule has 0 aliphatic carbocycles. The Labute approximate surface area is 138 Å². The Morgan fingerprint density at radius 1 is 1.39 bits per heavy atom. The number of carboxylic acids is 1. The van der Waals surface area contributed by atoms with Gasteiger partial charge in [-0.05, 0) is 38.0 Å². The zero-order valence-electron chi connectivity index (χ0n) is 12.6. The van der Waals surface area contributed by atoms with Gasteiger partial charge in [-0.2, -0.15) is 5.10 Å². The summed E-state index contributed by atoms with van der Waals surface area (Å²) in [5, 5.41) is 14.1. The number of rotatable bonds is 3. The summed E-state index contributed by atoms with van der Waals surface area (Å²) in [4.78, 5) is 25.4. The van der Waals surface area contributed by atoms with Crippen molar-refractivity contribution < 1.29 is 14.7 Å². The third-order valence-electron chi connectivity index (χ3n) is 4.09. The minimum absolute atomic E-state index is 0.291. The summed E-state index contributed by atoms with van der Waals surface area (Å²) in [6.07, 6.45) is 2.67. The Hall–Kier alpha value is -2.34. The van der Waals surface area contributed by atoms with Crippen LogP contribution in [0.25, 0.3) is 5.69 Å². The van der Waals surface area contributed by atoms with E-state index >= 15 is 0 Å². The zero-order chi connectivity index (χ0) is 16.6. The summed E-state index contributed by atoms with van der Waals surface area (Å²) >= 11 is 5.99. The van der Waals surface area contributed by atoms with Crippen LogP contribution in [0.5, 0.6) is 0 Å². The summed E-state index contributed by atoms with van der Waals surface area (Å²) < 4.78 is 1.63. The number of hydrogen-bond donors (Lipinski definition) is 1. The number of aliphatic carboxylic acids is 1. The molecule has 1 N–H and O–H groups in total. The van der Waals surface area contributed by atoms with Gasteiger partial charge >= 0.3 is 5.97 Å². The summed E-state index contributed by atoms with van der Waals surface area (Å²) in [6, 6.07) is 6.41. The number of aromatic nitrogens is 2. The summed E-state index contributed by atoms with van der Waals surface area (Å²) in [5.74, 6) is -1.25. The predicted molar refractivity (Wildman–Crippen MR) is 85.0 cm³/mol. The number of amides is 1. The van der Waals surface area contributed by atoms with Crippen LogP contribution in [0.4, 0.5) is 0 Å². The molecule has 1 aliphatic rings. The van der Waals surface area contributed by atoms with Crippen molar-refractivity contribution in [3.8, 4) is 5.69 Å². The highest BCUT2D eigenvalue weighted by atomic mass is 35.5. The molecule has 1 aromatic heterocycles. The molecule has 1 atom stereocenters. The monoisotopic (exact) mass is 333 g/mol. The number of benzene rings is 1. The van der Waals surface area contributed by atoms with Gasteiger partial charge in [-0.25, -0.2) is 9.48 Å². The van der Waals surface area contributed by atoms with Gasteiger partial charge in [0.1, 0.15) is 6.04 Å². The van der Waals surface area contributed by atoms with Crippen LogP contribution in [0.15, 0.2) is 30.5 Å². The number of carboxylic acid groups (broad SMARTS) is 1. The second-order valence-electron chi connectivity index (χ2n) is 5.53. The lowest BCUT2D eigenvalue weighted by Gasteiger charge is -2.21. The topological polar surface area (TPSA) is 75.4 Å². The lowest BCUT2D eigenvalue weighted by molar-refractivity contribution is -0.141. The number of likely N-dealkylation sites (tertiary alicyclic amines) is 1. The van der Waals surface area contributed by atoms with Crippen molar-refractivity contribution >= 4 is 23.5 Å². The van der Waals surface area contributed by atoms with Crippen LogP contribution in [0.1, 0.15) is 28.9 Å². The fourth-order valence-electron chi connectivity index (χ4n) is 2.91. The lowest BCUT2D eigenvalue weighted by Crippen LogP contribution is -2.40. The highest BCUT2D eigenvalue weighted by Gasteiger charge is 2.35. The van der Waals surface area contributed by atoms with Crippen molar-refractivity contribution in [1.29, 1.82) is 0 Å². The second kappa shape index (κ2) is 6.04. The van der Waals surface area contributed by atoms with Crippen LogP contribution < -0.4 is 0 Å². The van der Waals surface area contributed by atoms with Crippen LogP contribution in [0, 0.1) is 6.92 Å². The van der Waals surface area contributed by atoms with E-state index in [1.54, 1.807) is 29.8 Å². The maximum atomic E-state index is 12.7. The van der Waals surface area contributed by atoms with Gasteiger partial charge in [0, 0.05) is 11.6 Å². The fourth-order valence-corrected chi connectivity index (χ4v) is 3.09. The molecule has 1 aliphatic heterocycles. The van der Waals surface area contributed by atoms with E-state index in [-0.39, 0.29) is 5.91 Å². The third-order valence-corrected chi connectivity index (χ3v) is 4.33. The predicted octanol–water partition coefficient (Wildman–Crippen LogP) is 2.52. The molecule has 3 rings (SSSR count). The van der Waals surface area contributed by atoms with Gasteiger partial charge in [-0.1, -0.05) is 17.7 Å². The first-order chi connectivity index (χ1) is 11.0. The standard InChI is InChI=1S/C16H16ClN3O3/c1-10-13(15(21)19-7-3-6-14(19)16(22)23)9-18-20(10)12-5-2-4-11(17)8-12/h2,4-5,8-9,14H,3,6-7H2,1H3,(H,22,23)/t14-/m1/s1. The van der Waals surface area contributed by atoms with E-state index in [4.69, 9.17) is 11.6 Å². The molecule has 0 bridgehead atoms. The molecule has 1 amide bonds. The molecule has 120 valence electrons. The lowest BCUT2D eigenvalue weighted by atomic mass is 10.2. The molecule has 2 heterocycles. The average molecular weight is 334 g/mol. The molecular formula is C16H16ClN3O3. The van der Waals surface area contributed by atoms with Crippen LogP contribution in [-0.4, -0.2) is 44.3 Å². The van der Waals surface area contributed by atoms with Crippen molar-refractivity contribution in [2.45, 2.75) is 25.8 Å². The first-order valence-corrected chi connectivity index (χ1v) is 7.71. The summed E-state index contributed by atoms with van der Waals surface area (Å²) in [5.41, 5.74) is 1.83. The minimum Gasteiger partial charge on any atom is -0.480 e. The molecule has 23 heavy (non-hydrogen) atoms. The third kappa shape index (κ3) is 2.82. The fraction of sp³-hybridized carbons (Fsp3) is 0.312. The summed E-state index contributed by atoms with van der Waals surface area (Å²) in [7, 11) is 0. The molecule has 0 spiro atoms. The maximum Gasteiger partial charge on any atom is 0.326 e. The first-order valence-electron chi connectivity index (χ1n) is 7.33. The molecule has 0 radical (unpaired) electrons. The van der Waals surface area contributed by atoms with E-state index < -0.39 is 12.0 Å². The number of carbonyl (C=O) groups is 2. The maximum absolute atomic E-state index is 12.7. The van der Waals surface area contributed by atoms with Crippen LogP contribution in [0.2, 0.25) is 5.02 Å². The molecule has 1 fully saturated rings. The number of hydrogen-bond acceptors (Lipinski definition) is 3. The average Bonchev–Trinajstić information content (AvgIpc) is 3.13. The Morgan fingerprint density at radius 3 is 2.87 bits per heavy atom. The van der Waals surface area contributed by atoms with Gasteiger partial charge in [0.25, 0.3) is 5.91 Å². The van der Waals surface area contributed by atoms with E-state index in [1.165, 1.54) is 11.1 Å². The number of halogens is 1.